The van der Waals surface area contributed by atoms with Gasteiger partial charge < -0.3 is 10.3 Å². The van der Waals surface area contributed by atoms with E-state index >= 15 is 0 Å². The van der Waals surface area contributed by atoms with Gasteiger partial charge in [0.05, 0.1) is 5.56 Å². The summed E-state index contributed by atoms with van der Waals surface area (Å²) < 4.78 is 36.9. The molecule has 2 N–H and O–H groups in total. The van der Waals surface area contributed by atoms with Crippen LogP contribution in [0.2, 0.25) is 0 Å². The number of aromatic nitrogens is 3. The molecule has 1 heterocycles. The van der Waals surface area contributed by atoms with Crippen molar-refractivity contribution >= 4 is 11.0 Å². The van der Waals surface area contributed by atoms with Crippen LogP contribution in [-0.4, -0.2) is 25.5 Å². The first-order valence-corrected chi connectivity index (χ1v) is 3.74. The topological polar surface area (TPSA) is 71.2 Å². The Hall–Kier alpha value is -1.99. The lowest BCUT2D eigenvalue weighted by molar-refractivity contribution is -0.137. The SMILES string of the molecule is Oc1cc(C(F)(F)F)cc2c1nnn2O. The fourth-order valence-electron chi connectivity index (χ4n) is 1.16. The number of nitrogens with zero attached hydrogens (tertiary/aromatic N) is 3. The van der Waals surface area contributed by atoms with Crippen LogP contribution in [-0.2, 0) is 6.18 Å². The zero-order valence-electron chi connectivity index (χ0n) is 7.02. The summed E-state index contributed by atoms with van der Waals surface area (Å²) in [6.45, 7) is 0. The molecule has 0 radical (unpaired) electrons. The number of hydrogen-bond acceptors (Lipinski definition) is 4. The van der Waals surface area contributed by atoms with Crippen molar-refractivity contribution in [3.8, 4) is 5.75 Å². The molecule has 0 saturated carbocycles. The van der Waals surface area contributed by atoms with Crippen LogP contribution in [0.25, 0.3) is 11.0 Å². The molecule has 1 aromatic carbocycles. The molecule has 2 rings (SSSR count). The van der Waals surface area contributed by atoms with Gasteiger partial charge in [0.2, 0.25) is 0 Å². The van der Waals surface area contributed by atoms with E-state index < -0.39 is 17.5 Å². The largest absolute Gasteiger partial charge is 0.506 e. The molecule has 0 aliphatic rings. The summed E-state index contributed by atoms with van der Waals surface area (Å²) in [6.07, 6.45) is -4.60. The maximum atomic E-state index is 12.3. The molecule has 0 aliphatic heterocycles. The van der Waals surface area contributed by atoms with Crippen molar-refractivity contribution in [3.05, 3.63) is 17.7 Å². The molecule has 0 aliphatic carbocycles. The molecule has 0 unspecified atom stereocenters. The number of fused-ring (bicyclic) bond motifs is 1. The predicted molar refractivity (Wildman–Crippen MR) is 41.4 cm³/mol. The van der Waals surface area contributed by atoms with Gasteiger partial charge in [-0.1, -0.05) is 4.85 Å². The van der Waals surface area contributed by atoms with E-state index in [0.717, 1.165) is 0 Å². The quantitative estimate of drug-likeness (QED) is 0.657. The van der Waals surface area contributed by atoms with Crippen molar-refractivity contribution in [1.82, 2.24) is 15.2 Å². The van der Waals surface area contributed by atoms with E-state index in [4.69, 9.17) is 5.21 Å². The third-order valence-corrected chi connectivity index (χ3v) is 1.84. The Labute approximate surface area is 80.3 Å². The van der Waals surface area contributed by atoms with Crippen molar-refractivity contribution in [1.29, 1.82) is 0 Å². The molecule has 15 heavy (non-hydrogen) atoms. The molecule has 0 atom stereocenters. The van der Waals surface area contributed by atoms with Gasteiger partial charge in [-0.15, -0.1) is 5.10 Å². The summed E-state index contributed by atoms with van der Waals surface area (Å²) in [4.78, 5) is 0.171. The lowest BCUT2D eigenvalue weighted by Crippen LogP contribution is -2.05. The van der Waals surface area contributed by atoms with E-state index in [1.807, 2.05) is 0 Å². The van der Waals surface area contributed by atoms with E-state index in [1.54, 1.807) is 0 Å². The Morgan fingerprint density at radius 2 is 1.93 bits per heavy atom. The van der Waals surface area contributed by atoms with Crippen LogP contribution in [0.3, 0.4) is 0 Å². The highest BCUT2D eigenvalue weighted by atomic mass is 19.4. The minimum atomic E-state index is -4.60. The molecule has 0 bridgehead atoms. The first-order valence-electron chi connectivity index (χ1n) is 3.74. The number of hydrogen-bond donors (Lipinski definition) is 2. The van der Waals surface area contributed by atoms with Gasteiger partial charge in [-0.25, -0.2) is 0 Å². The van der Waals surface area contributed by atoms with E-state index in [9.17, 15) is 18.3 Å². The van der Waals surface area contributed by atoms with Crippen LogP contribution in [0.15, 0.2) is 12.1 Å². The lowest BCUT2D eigenvalue weighted by Gasteiger charge is -2.06. The Morgan fingerprint density at radius 1 is 1.27 bits per heavy atom. The van der Waals surface area contributed by atoms with Gasteiger partial charge >= 0.3 is 6.18 Å². The number of alkyl halides is 3. The van der Waals surface area contributed by atoms with Gasteiger partial charge in [-0.2, -0.15) is 13.2 Å². The molecule has 5 nitrogen and oxygen atoms in total. The summed E-state index contributed by atoms with van der Waals surface area (Å²) in [5.41, 5.74) is -1.57. The van der Waals surface area contributed by atoms with Gasteiger partial charge in [0.1, 0.15) is 11.3 Å². The molecular formula is C7H4F3N3O2. The van der Waals surface area contributed by atoms with Crippen molar-refractivity contribution in [2.75, 3.05) is 0 Å². The normalized spacial score (nSPS) is 12.2. The predicted octanol–water partition coefficient (Wildman–Crippen LogP) is 1.39. The fourth-order valence-corrected chi connectivity index (χ4v) is 1.16. The van der Waals surface area contributed by atoms with Gasteiger partial charge in [0, 0.05) is 0 Å². The molecule has 2 aromatic rings. The number of benzene rings is 1. The third-order valence-electron chi connectivity index (χ3n) is 1.84. The number of phenols is 1. The standard InChI is InChI=1S/C7H4F3N3O2/c8-7(9,10)3-1-4-6(5(14)2-3)11-12-13(4)15/h1-2,14-15H. The molecule has 0 fully saturated rings. The van der Waals surface area contributed by atoms with Crippen molar-refractivity contribution in [3.63, 3.8) is 0 Å². The summed E-state index contributed by atoms with van der Waals surface area (Å²) >= 11 is 0. The van der Waals surface area contributed by atoms with Gasteiger partial charge in [-0.05, 0) is 17.3 Å². The van der Waals surface area contributed by atoms with Crippen LogP contribution in [0.4, 0.5) is 13.2 Å². The molecule has 0 saturated heterocycles. The van der Waals surface area contributed by atoms with Crippen LogP contribution in [0, 0.1) is 0 Å². The number of aromatic hydroxyl groups is 1. The monoisotopic (exact) mass is 219 g/mol. The average molecular weight is 219 g/mol. The minimum Gasteiger partial charge on any atom is -0.506 e. The fraction of sp³-hybridized carbons (Fsp3) is 0.143. The zero-order chi connectivity index (χ0) is 11.2. The van der Waals surface area contributed by atoms with Crippen LogP contribution in [0.1, 0.15) is 5.56 Å². The Bertz CT molecular complexity index is 520. The van der Waals surface area contributed by atoms with Crippen molar-refractivity contribution < 1.29 is 23.5 Å². The van der Waals surface area contributed by atoms with E-state index in [1.165, 1.54) is 0 Å². The number of phenolic OH excluding ortho intramolecular Hbond substituents is 1. The summed E-state index contributed by atoms with van der Waals surface area (Å²) in [5.74, 6) is -0.680. The van der Waals surface area contributed by atoms with Crippen LogP contribution in [0.5, 0.6) is 5.75 Å². The zero-order valence-corrected chi connectivity index (χ0v) is 7.02. The Morgan fingerprint density at radius 3 is 2.53 bits per heavy atom. The minimum absolute atomic E-state index is 0.171. The third kappa shape index (κ3) is 1.43. The molecule has 0 spiro atoms. The molecule has 0 amide bonds. The lowest BCUT2D eigenvalue weighted by atomic mass is 10.2. The average Bonchev–Trinajstić information content (AvgIpc) is 2.47. The smallest absolute Gasteiger partial charge is 0.416 e. The molecular weight excluding hydrogens is 215 g/mol. The number of halogens is 3. The van der Waals surface area contributed by atoms with E-state index in [2.05, 4.69) is 10.3 Å². The second-order valence-electron chi connectivity index (χ2n) is 2.84. The highest BCUT2D eigenvalue weighted by Gasteiger charge is 2.32. The van der Waals surface area contributed by atoms with Crippen LogP contribution >= 0.6 is 0 Å². The second-order valence-corrected chi connectivity index (χ2v) is 2.84. The Balaban J connectivity index is 2.76. The number of rotatable bonds is 0. The highest BCUT2D eigenvalue weighted by Crippen LogP contribution is 2.34. The second kappa shape index (κ2) is 2.75. The van der Waals surface area contributed by atoms with Gasteiger partial charge in [0.25, 0.3) is 0 Å². The van der Waals surface area contributed by atoms with Crippen molar-refractivity contribution in [2.45, 2.75) is 6.18 Å². The van der Waals surface area contributed by atoms with Crippen LogP contribution < -0.4 is 0 Å². The van der Waals surface area contributed by atoms with E-state index in [0.29, 0.717) is 12.1 Å². The van der Waals surface area contributed by atoms with Crippen molar-refractivity contribution in [2.24, 2.45) is 0 Å². The molecule has 8 heteroatoms. The Kier molecular flexibility index (Phi) is 1.75. The summed E-state index contributed by atoms with van der Waals surface area (Å²) in [7, 11) is 0. The van der Waals surface area contributed by atoms with E-state index in [-0.39, 0.29) is 15.9 Å². The highest BCUT2D eigenvalue weighted by molar-refractivity contribution is 5.81. The summed E-state index contributed by atoms with van der Waals surface area (Å²) in [6, 6.07) is 1.17. The maximum Gasteiger partial charge on any atom is 0.416 e. The van der Waals surface area contributed by atoms with Gasteiger partial charge in [-0.3, -0.25) is 0 Å². The first kappa shape index (κ1) is 9.56. The molecule has 1 aromatic heterocycles. The summed E-state index contributed by atoms with van der Waals surface area (Å²) in [5, 5.41) is 24.6. The maximum absolute atomic E-state index is 12.3. The van der Waals surface area contributed by atoms with Gasteiger partial charge in [0.15, 0.2) is 5.52 Å². The molecule has 80 valence electrons. The first-order chi connectivity index (χ1) is 6.89.